The number of anilines is 3. The molecule has 1 amide bonds. The summed E-state index contributed by atoms with van der Waals surface area (Å²) in [6.45, 7) is 0. The molecule has 2 N–H and O–H groups in total. The van der Waals surface area contributed by atoms with Crippen molar-refractivity contribution in [2.24, 2.45) is 0 Å². The molecule has 16 heavy (non-hydrogen) atoms. The topological polar surface area (TPSA) is 46.3 Å². The molecule has 0 aliphatic heterocycles. The molecule has 1 radical (unpaired) electrons. The number of nitrogens with two attached hydrogens (primary N) is 1. The predicted molar refractivity (Wildman–Crippen MR) is 65.1 cm³/mol. The van der Waals surface area contributed by atoms with Crippen LogP contribution in [0.25, 0.3) is 0 Å². The number of rotatable bonds is 3. The van der Waals surface area contributed by atoms with Gasteiger partial charge in [0.2, 0.25) is 0 Å². The van der Waals surface area contributed by atoms with Crippen LogP contribution in [0.15, 0.2) is 54.6 Å². The lowest BCUT2D eigenvalue weighted by Gasteiger charge is -2.16. The summed E-state index contributed by atoms with van der Waals surface area (Å²) < 4.78 is 0. The first kappa shape index (κ1) is 10.2. The van der Waals surface area contributed by atoms with Crippen molar-refractivity contribution in [3.63, 3.8) is 0 Å². The third-order valence-corrected chi connectivity index (χ3v) is 2.26. The Morgan fingerprint density at radius 3 is 2.00 bits per heavy atom. The molecule has 0 atom stereocenters. The summed E-state index contributed by atoms with van der Waals surface area (Å²) in [5.41, 5.74) is 7.78. The molecule has 2 aromatic rings. The summed E-state index contributed by atoms with van der Waals surface area (Å²) >= 11 is 0. The van der Waals surface area contributed by atoms with E-state index in [0.29, 0.717) is 5.69 Å². The van der Waals surface area contributed by atoms with Gasteiger partial charge in [-0.1, -0.05) is 18.2 Å². The van der Waals surface area contributed by atoms with E-state index in [1.165, 1.54) is 4.90 Å². The van der Waals surface area contributed by atoms with Gasteiger partial charge in [0.05, 0.1) is 0 Å². The summed E-state index contributed by atoms with van der Waals surface area (Å²) in [6.07, 6.45) is 1.90. The first-order valence-corrected chi connectivity index (χ1v) is 4.90. The number of nitrogens with zero attached hydrogens (tertiary/aromatic N) is 1. The molecule has 79 valence electrons. The molecule has 0 bridgehead atoms. The Morgan fingerprint density at radius 1 is 0.875 bits per heavy atom. The summed E-state index contributed by atoms with van der Waals surface area (Å²) in [7, 11) is 0. The smallest absolute Gasteiger partial charge is 0.321 e. The molecule has 0 heterocycles. The van der Waals surface area contributed by atoms with Crippen LogP contribution in [0.3, 0.4) is 0 Å². The Morgan fingerprint density at radius 2 is 1.44 bits per heavy atom. The number of hydrogen-bond acceptors (Lipinski definition) is 2. The number of hydrogen-bond donors (Lipinski definition) is 1. The van der Waals surface area contributed by atoms with Gasteiger partial charge in [-0.05, 0) is 36.4 Å². The minimum atomic E-state index is 0.669. The molecule has 0 aromatic heterocycles. The maximum absolute atomic E-state index is 11.0. The lowest BCUT2D eigenvalue weighted by Crippen LogP contribution is -2.13. The third-order valence-electron chi connectivity index (χ3n) is 2.26. The average Bonchev–Trinajstić information content (AvgIpc) is 2.34. The van der Waals surface area contributed by atoms with Gasteiger partial charge in [0.15, 0.2) is 0 Å². The van der Waals surface area contributed by atoms with E-state index in [1.54, 1.807) is 24.3 Å². The number of para-hydroxylation sites is 1. The molecule has 3 nitrogen and oxygen atoms in total. The molecule has 2 rings (SSSR count). The highest BCUT2D eigenvalue weighted by Crippen LogP contribution is 2.23. The second-order valence-corrected chi connectivity index (χ2v) is 3.35. The van der Waals surface area contributed by atoms with Crippen LogP contribution in [0, 0.1) is 0 Å². The van der Waals surface area contributed by atoms with E-state index in [1.807, 2.05) is 36.7 Å². The lowest BCUT2D eigenvalue weighted by atomic mass is 10.2. The predicted octanol–water partition coefficient (Wildman–Crippen LogP) is 2.47. The average molecular weight is 211 g/mol. The molecule has 3 heteroatoms. The first-order valence-electron chi connectivity index (χ1n) is 4.90. The minimum absolute atomic E-state index is 0.669. The minimum Gasteiger partial charge on any atom is -0.399 e. The molecule has 0 unspecified atom stereocenters. The number of benzene rings is 2. The van der Waals surface area contributed by atoms with Gasteiger partial charge in [0, 0.05) is 17.1 Å². The molecular weight excluding hydrogens is 200 g/mol. The highest BCUT2D eigenvalue weighted by atomic mass is 16.1. The standard InChI is InChI=1S/C13H11N2O/c14-11-6-8-13(9-7-11)15(10-16)12-4-2-1-3-5-12/h1-9H,14H2. The molecule has 0 saturated heterocycles. The monoisotopic (exact) mass is 211 g/mol. The number of nitrogen functional groups attached to an aromatic ring is 1. The zero-order valence-corrected chi connectivity index (χ0v) is 8.63. The summed E-state index contributed by atoms with van der Waals surface area (Å²) in [6, 6.07) is 16.4. The third kappa shape index (κ3) is 2.03. The Hall–Kier alpha value is -2.29. The van der Waals surface area contributed by atoms with Gasteiger partial charge in [0.25, 0.3) is 0 Å². The number of carbonyl (C=O) groups excluding carboxylic acids is 1. The van der Waals surface area contributed by atoms with Crippen molar-refractivity contribution >= 4 is 23.5 Å². The van der Waals surface area contributed by atoms with Crippen molar-refractivity contribution in [1.29, 1.82) is 0 Å². The molecule has 0 aliphatic carbocycles. The van der Waals surface area contributed by atoms with Crippen molar-refractivity contribution in [1.82, 2.24) is 0 Å². The van der Waals surface area contributed by atoms with Crippen molar-refractivity contribution in [3.8, 4) is 0 Å². The van der Waals surface area contributed by atoms with Crippen molar-refractivity contribution in [3.05, 3.63) is 54.6 Å². The van der Waals surface area contributed by atoms with Gasteiger partial charge in [-0.3, -0.25) is 9.69 Å². The van der Waals surface area contributed by atoms with Gasteiger partial charge in [0.1, 0.15) is 0 Å². The van der Waals surface area contributed by atoms with Gasteiger partial charge in [-0.25, -0.2) is 0 Å². The highest BCUT2D eigenvalue weighted by molar-refractivity contribution is 5.86. The fraction of sp³-hybridized carbons (Fsp3) is 0. The Bertz CT molecular complexity index is 465. The normalized spacial score (nSPS) is 9.75. The van der Waals surface area contributed by atoms with Gasteiger partial charge < -0.3 is 5.73 Å². The molecule has 0 fully saturated rings. The molecule has 2 aromatic carbocycles. The molecule has 0 aliphatic rings. The molecule has 0 spiro atoms. The second kappa shape index (κ2) is 4.49. The second-order valence-electron chi connectivity index (χ2n) is 3.35. The SMILES string of the molecule is Nc1ccc(N([C]=O)c2ccccc2)cc1. The van der Waals surface area contributed by atoms with Crippen molar-refractivity contribution in [2.75, 3.05) is 10.6 Å². The molecular formula is C13H11N2O. The van der Waals surface area contributed by atoms with Crippen LogP contribution in [0.5, 0.6) is 0 Å². The Balaban J connectivity index is 2.37. The van der Waals surface area contributed by atoms with Gasteiger partial charge in [-0.2, -0.15) is 0 Å². The zero-order valence-electron chi connectivity index (χ0n) is 8.63. The van der Waals surface area contributed by atoms with Crippen LogP contribution >= 0.6 is 0 Å². The Kier molecular flexibility index (Phi) is 2.87. The largest absolute Gasteiger partial charge is 0.399 e. The van der Waals surface area contributed by atoms with Gasteiger partial charge in [-0.15, -0.1) is 0 Å². The zero-order chi connectivity index (χ0) is 11.4. The molecule has 0 saturated carbocycles. The summed E-state index contributed by atoms with van der Waals surface area (Å²) in [5, 5.41) is 0. The van der Waals surface area contributed by atoms with E-state index in [2.05, 4.69) is 0 Å². The van der Waals surface area contributed by atoms with E-state index in [0.717, 1.165) is 11.4 Å². The fourth-order valence-electron chi connectivity index (χ4n) is 1.45. The van der Waals surface area contributed by atoms with Crippen LogP contribution < -0.4 is 10.6 Å². The maximum Gasteiger partial charge on any atom is 0.321 e. The number of amides is 1. The lowest BCUT2D eigenvalue weighted by molar-refractivity contribution is 0.556. The summed E-state index contributed by atoms with van der Waals surface area (Å²) in [4.78, 5) is 12.4. The van der Waals surface area contributed by atoms with E-state index in [4.69, 9.17) is 5.73 Å². The van der Waals surface area contributed by atoms with E-state index >= 15 is 0 Å². The van der Waals surface area contributed by atoms with Crippen LogP contribution in [0.2, 0.25) is 0 Å². The van der Waals surface area contributed by atoms with E-state index in [9.17, 15) is 4.79 Å². The van der Waals surface area contributed by atoms with Crippen molar-refractivity contribution < 1.29 is 4.79 Å². The Labute approximate surface area is 94.1 Å². The van der Waals surface area contributed by atoms with Crippen LogP contribution in [-0.4, -0.2) is 6.41 Å². The summed E-state index contributed by atoms with van der Waals surface area (Å²) in [5.74, 6) is 0. The van der Waals surface area contributed by atoms with E-state index in [-0.39, 0.29) is 0 Å². The first-order chi connectivity index (χ1) is 7.81. The maximum atomic E-state index is 11.0. The highest BCUT2D eigenvalue weighted by Gasteiger charge is 2.07. The van der Waals surface area contributed by atoms with Crippen LogP contribution in [-0.2, 0) is 4.79 Å². The fourth-order valence-corrected chi connectivity index (χ4v) is 1.45. The van der Waals surface area contributed by atoms with Gasteiger partial charge >= 0.3 is 6.41 Å². The van der Waals surface area contributed by atoms with Crippen LogP contribution in [0.1, 0.15) is 0 Å². The van der Waals surface area contributed by atoms with Crippen LogP contribution in [0.4, 0.5) is 17.1 Å². The van der Waals surface area contributed by atoms with E-state index < -0.39 is 0 Å². The van der Waals surface area contributed by atoms with Crippen molar-refractivity contribution in [2.45, 2.75) is 0 Å². The quantitative estimate of drug-likeness (QED) is 0.626.